The Hall–Kier alpha value is -3.28. The summed E-state index contributed by atoms with van der Waals surface area (Å²) in [6.45, 7) is 0.378. The summed E-state index contributed by atoms with van der Waals surface area (Å²) >= 11 is 1.16. The van der Waals surface area contributed by atoms with Crippen molar-refractivity contribution in [2.75, 3.05) is 22.4 Å². The Morgan fingerprint density at radius 1 is 0.971 bits per heavy atom. The smallest absolute Gasteiger partial charge is 0.264 e. The SMILES string of the molecule is CS(=O)(=O)c1ccc2nc(NC(=O)c3ccc(S(=O)(=O)N4CCc5ccccc54)cc3)sc2c1. The lowest BCUT2D eigenvalue weighted by Crippen LogP contribution is -2.29. The normalized spacial score (nSPS) is 13.7. The molecular weight excluding hydrogens is 494 g/mol. The van der Waals surface area contributed by atoms with Crippen LogP contribution in [-0.4, -0.2) is 40.5 Å². The molecule has 0 radical (unpaired) electrons. The topological polar surface area (TPSA) is 114 Å². The van der Waals surface area contributed by atoms with Gasteiger partial charge in [-0.2, -0.15) is 0 Å². The maximum absolute atomic E-state index is 13.1. The number of nitrogens with zero attached hydrogens (tertiary/aromatic N) is 2. The molecule has 0 bridgehead atoms. The summed E-state index contributed by atoms with van der Waals surface area (Å²) in [7, 11) is -7.10. The third kappa shape index (κ3) is 4.06. The van der Waals surface area contributed by atoms with Crippen LogP contribution in [0.2, 0.25) is 0 Å². The number of sulfonamides is 1. The van der Waals surface area contributed by atoms with Gasteiger partial charge in [0.1, 0.15) is 0 Å². The van der Waals surface area contributed by atoms with Gasteiger partial charge in [-0.1, -0.05) is 29.5 Å². The second kappa shape index (κ2) is 8.19. The van der Waals surface area contributed by atoms with E-state index in [1.54, 1.807) is 12.1 Å². The number of aromatic nitrogens is 1. The number of hydrogen-bond acceptors (Lipinski definition) is 7. The van der Waals surface area contributed by atoms with E-state index in [2.05, 4.69) is 10.3 Å². The number of benzene rings is 3. The van der Waals surface area contributed by atoms with Gasteiger partial charge in [0, 0.05) is 18.4 Å². The fraction of sp³-hybridized carbons (Fsp3) is 0.130. The van der Waals surface area contributed by atoms with E-state index < -0.39 is 25.8 Å². The van der Waals surface area contributed by atoms with Crippen LogP contribution in [0.3, 0.4) is 0 Å². The zero-order valence-electron chi connectivity index (χ0n) is 17.9. The van der Waals surface area contributed by atoms with E-state index in [9.17, 15) is 21.6 Å². The summed E-state index contributed by atoms with van der Waals surface area (Å²) in [4.78, 5) is 17.3. The number of sulfone groups is 1. The Morgan fingerprint density at radius 2 is 1.68 bits per heavy atom. The van der Waals surface area contributed by atoms with E-state index >= 15 is 0 Å². The fourth-order valence-electron chi connectivity index (χ4n) is 3.82. The molecule has 34 heavy (non-hydrogen) atoms. The number of thiazole rings is 1. The molecule has 0 saturated carbocycles. The summed E-state index contributed by atoms with van der Waals surface area (Å²) in [5, 5.41) is 3.01. The van der Waals surface area contributed by atoms with Gasteiger partial charge in [-0.25, -0.2) is 21.8 Å². The van der Waals surface area contributed by atoms with Gasteiger partial charge < -0.3 is 0 Å². The molecule has 1 aliphatic rings. The van der Waals surface area contributed by atoms with Crippen LogP contribution in [0.5, 0.6) is 0 Å². The first kappa shape index (κ1) is 22.5. The van der Waals surface area contributed by atoms with Gasteiger partial charge in [0.2, 0.25) is 0 Å². The monoisotopic (exact) mass is 513 g/mol. The lowest BCUT2D eigenvalue weighted by molar-refractivity contribution is 0.102. The fourth-order valence-corrected chi connectivity index (χ4v) is 6.95. The molecule has 1 N–H and O–H groups in total. The van der Waals surface area contributed by atoms with Crippen molar-refractivity contribution < 1.29 is 21.6 Å². The number of hydrogen-bond donors (Lipinski definition) is 1. The molecule has 0 spiro atoms. The molecule has 0 unspecified atom stereocenters. The zero-order valence-corrected chi connectivity index (χ0v) is 20.4. The molecule has 174 valence electrons. The molecule has 4 aromatic rings. The van der Waals surface area contributed by atoms with Crippen molar-refractivity contribution >= 4 is 58.1 Å². The third-order valence-corrected chi connectivity index (χ3v) is 9.43. The van der Waals surface area contributed by atoms with Crippen LogP contribution in [-0.2, 0) is 26.3 Å². The zero-order chi connectivity index (χ0) is 24.1. The molecule has 1 amide bonds. The van der Waals surface area contributed by atoms with Gasteiger partial charge >= 0.3 is 0 Å². The number of carbonyl (C=O) groups is 1. The van der Waals surface area contributed by atoms with Gasteiger partial charge in [0.15, 0.2) is 15.0 Å². The van der Waals surface area contributed by atoms with E-state index in [0.29, 0.717) is 34.0 Å². The standard InChI is InChI=1S/C23H19N3O5S3/c1-33(28,29)18-10-11-19-21(14-18)32-23(24-19)25-22(27)16-6-8-17(9-7-16)34(30,31)26-13-12-15-4-2-3-5-20(15)26/h2-11,14H,12-13H2,1H3,(H,24,25,27). The van der Waals surface area contributed by atoms with Gasteiger partial charge in [-0.15, -0.1) is 0 Å². The van der Waals surface area contributed by atoms with Gasteiger partial charge in [-0.3, -0.25) is 14.4 Å². The van der Waals surface area contributed by atoms with Crippen molar-refractivity contribution in [1.82, 2.24) is 4.98 Å². The van der Waals surface area contributed by atoms with Crippen LogP contribution < -0.4 is 9.62 Å². The number of nitrogens with one attached hydrogen (secondary N) is 1. The Balaban J connectivity index is 1.35. The summed E-state index contributed by atoms with van der Waals surface area (Å²) in [6.07, 6.45) is 1.79. The summed E-state index contributed by atoms with van der Waals surface area (Å²) in [6, 6.07) is 17.7. The summed E-state index contributed by atoms with van der Waals surface area (Å²) in [5.74, 6) is -0.446. The van der Waals surface area contributed by atoms with Crippen LogP contribution in [0, 0.1) is 0 Å². The van der Waals surface area contributed by atoms with Gasteiger partial charge in [0.25, 0.3) is 15.9 Å². The van der Waals surface area contributed by atoms with E-state index in [4.69, 9.17) is 0 Å². The lowest BCUT2D eigenvalue weighted by Gasteiger charge is -2.19. The molecule has 11 heteroatoms. The van der Waals surface area contributed by atoms with Crippen molar-refractivity contribution in [2.45, 2.75) is 16.2 Å². The minimum absolute atomic E-state index is 0.106. The van der Waals surface area contributed by atoms with Crippen LogP contribution in [0.1, 0.15) is 15.9 Å². The minimum Gasteiger partial charge on any atom is -0.298 e. The highest BCUT2D eigenvalue weighted by Gasteiger charge is 2.30. The summed E-state index contributed by atoms with van der Waals surface area (Å²) < 4.78 is 51.8. The molecule has 8 nitrogen and oxygen atoms in total. The minimum atomic E-state index is -3.74. The first-order valence-corrected chi connectivity index (χ1v) is 14.4. The van der Waals surface area contributed by atoms with Crippen molar-refractivity contribution in [3.05, 3.63) is 77.9 Å². The number of para-hydroxylation sites is 1. The quantitative estimate of drug-likeness (QED) is 0.435. The first-order valence-electron chi connectivity index (χ1n) is 10.3. The Labute approximate surface area is 200 Å². The average molecular weight is 514 g/mol. The molecule has 2 heterocycles. The number of carbonyl (C=O) groups excluding carboxylic acids is 1. The predicted molar refractivity (Wildman–Crippen MR) is 132 cm³/mol. The molecule has 1 aliphatic heterocycles. The second-order valence-corrected chi connectivity index (χ2v) is 12.8. The largest absolute Gasteiger partial charge is 0.298 e. The molecule has 5 rings (SSSR count). The van der Waals surface area contributed by atoms with E-state index in [1.165, 1.54) is 40.7 Å². The van der Waals surface area contributed by atoms with Crippen molar-refractivity contribution in [3.63, 3.8) is 0 Å². The maximum Gasteiger partial charge on any atom is 0.264 e. The van der Waals surface area contributed by atoms with Crippen LogP contribution >= 0.6 is 11.3 Å². The van der Waals surface area contributed by atoms with Crippen LogP contribution in [0.15, 0.2) is 76.5 Å². The average Bonchev–Trinajstić information content (AvgIpc) is 3.42. The molecule has 1 aromatic heterocycles. The molecular formula is C23H19N3O5S3. The van der Waals surface area contributed by atoms with Gasteiger partial charge in [-0.05, 0) is 60.5 Å². The highest BCUT2D eigenvalue weighted by molar-refractivity contribution is 7.92. The Kier molecular flexibility index (Phi) is 5.42. The Bertz CT molecular complexity index is 1640. The number of fused-ring (bicyclic) bond motifs is 2. The van der Waals surface area contributed by atoms with E-state index in [-0.39, 0.29) is 15.4 Å². The molecule has 3 aromatic carbocycles. The first-order chi connectivity index (χ1) is 16.1. The Morgan fingerprint density at radius 3 is 2.41 bits per heavy atom. The number of rotatable bonds is 5. The van der Waals surface area contributed by atoms with Crippen molar-refractivity contribution in [2.24, 2.45) is 0 Å². The molecule has 0 saturated heterocycles. The van der Waals surface area contributed by atoms with Crippen LogP contribution in [0.4, 0.5) is 10.8 Å². The van der Waals surface area contributed by atoms with Crippen molar-refractivity contribution in [1.29, 1.82) is 0 Å². The maximum atomic E-state index is 13.1. The predicted octanol–water partition coefficient (Wildman–Crippen LogP) is 3.70. The van der Waals surface area contributed by atoms with E-state index in [1.807, 2.05) is 18.2 Å². The third-order valence-electron chi connectivity index (χ3n) is 5.56. The lowest BCUT2D eigenvalue weighted by atomic mass is 10.2. The second-order valence-electron chi connectivity index (χ2n) is 7.86. The molecule has 0 atom stereocenters. The highest BCUT2D eigenvalue weighted by atomic mass is 32.2. The molecule has 0 aliphatic carbocycles. The van der Waals surface area contributed by atoms with Gasteiger partial charge in [0.05, 0.1) is 25.7 Å². The summed E-state index contributed by atoms with van der Waals surface area (Å²) in [5.41, 5.74) is 2.51. The number of anilines is 2. The van der Waals surface area contributed by atoms with Crippen molar-refractivity contribution in [3.8, 4) is 0 Å². The molecule has 0 fully saturated rings. The van der Waals surface area contributed by atoms with E-state index in [0.717, 1.165) is 23.2 Å². The highest BCUT2D eigenvalue weighted by Crippen LogP contribution is 2.33. The van der Waals surface area contributed by atoms with Crippen LogP contribution in [0.25, 0.3) is 10.2 Å². The number of amides is 1.